The molecule has 0 spiro atoms. The molecule has 1 rings (SSSR count). The van der Waals surface area contributed by atoms with Crippen LogP contribution in [0.5, 0.6) is 0 Å². The Morgan fingerprint density at radius 2 is 2.40 bits per heavy atom. The number of hydrogen-bond donors (Lipinski definition) is 1. The fourth-order valence-corrected chi connectivity index (χ4v) is 0.807. The molecular formula is C7H9ClN2. The smallest absolute Gasteiger partial charge is 0.151 e. The molecule has 54 valence electrons. The van der Waals surface area contributed by atoms with Crippen LogP contribution in [0, 0.1) is 0 Å². The molecule has 0 aromatic carbocycles. The fourth-order valence-electron chi connectivity index (χ4n) is 0.704. The number of nitrogens with two attached hydrogens (primary N) is 1. The average Bonchev–Trinajstić information content (AvgIpc) is 1.95. The van der Waals surface area contributed by atoms with E-state index < -0.39 is 0 Å². The molecule has 0 radical (unpaired) electrons. The summed E-state index contributed by atoms with van der Waals surface area (Å²) in [4.78, 5) is 3.89. The molecule has 0 saturated heterocycles. The molecule has 1 heterocycles. The van der Waals surface area contributed by atoms with E-state index in [1.807, 2.05) is 13.0 Å². The van der Waals surface area contributed by atoms with Crippen LogP contribution in [0.1, 0.15) is 12.5 Å². The topological polar surface area (TPSA) is 38.9 Å². The number of anilines is 1. The quantitative estimate of drug-likeness (QED) is 0.631. The van der Waals surface area contributed by atoms with Crippen LogP contribution in [0.25, 0.3) is 0 Å². The van der Waals surface area contributed by atoms with E-state index in [-0.39, 0.29) is 0 Å². The molecule has 0 amide bonds. The van der Waals surface area contributed by atoms with Gasteiger partial charge in [0.25, 0.3) is 0 Å². The average molecular weight is 157 g/mol. The van der Waals surface area contributed by atoms with E-state index in [1.165, 1.54) is 0 Å². The Morgan fingerprint density at radius 1 is 1.70 bits per heavy atom. The first kappa shape index (κ1) is 7.35. The predicted molar refractivity (Wildman–Crippen MR) is 43.0 cm³/mol. The lowest BCUT2D eigenvalue weighted by molar-refractivity contribution is 1.11. The van der Waals surface area contributed by atoms with Gasteiger partial charge in [-0.1, -0.05) is 18.5 Å². The molecule has 0 unspecified atom stereocenters. The second-order valence-electron chi connectivity index (χ2n) is 2.08. The molecular weight excluding hydrogens is 148 g/mol. The van der Waals surface area contributed by atoms with Crippen molar-refractivity contribution in [3.05, 3.63) is 23.0 Å². The van der Waals surface area contributed by atoms with Crippen molar-refractivity contribution >= 4 is 17.3 Å². The molecule has 0 atom stereocenters. The van der Waals surface area contributed by atoms with Crippen molar-refractivity contribution in [2.24, 2.45) is 0 Å². The minimum absolute atomic E-state index is 0.386. The van der Waals surface area contributed by atoms with Gasteiger partial charge in [-0.2, -0.15) is 0 Å². The zero-order valence-electron chi connectivity index (χ0n) is 5.76. The standard InChI is InChI=1S/C7H9ClN2/c1-2-5-3-6(9)7(8)10-4-5/h3-4H,2,9H2,1H3. The van der Waals surface area contributed by atoms with E-state index in [9.17, 15) is 0 Å². The lowest BCUT2D eigenvalue weighted by Crippen LogP contribution is -1.91. The van der Waals surface area contributed by atoms with Crippen LogP contribution >= 0.6 is 11.6 Å². The zero-order chi connectivity index (χ0) is 7.56. The molecule has 0 aliphatic rings. The maximum Gasteiger partial charge on any atom is 0.151 e. The highest BCUT2D eigenvalue weighted by Crippen LogP contribution is 2.15. The summed E-state index contributed by atoms with van der Waals surface area (Å²) in [6.45, 7) is 2.05. The van der Waals surface area contributed by atoms with E-state index >= 15 is 0 Å². The molecule has 0 aliphatic carbocycles. The van der Waals surface area contributed by atoms with Gasteiger partial charge in [-0.3, -0.25) is 0 Å². The second-order valence-corrected chi connectivity index (χ2v) is 2.44. The summed E-state index contributed by atoms with van der Waals surface area (Å²) < 4.78 is 0. The van der Waals surface area contributed by atoms with Crippen LogP contribution in [-0.2, 0) is 6.42 Å². The highest BCUT2D eigenvalue weighted by molar-refractivity contribution is 6.31. The summed E-state index contributed by atoms with van der Waals surface area (Å²) in [5.41, 5.74) is 7.17. The lowest BCUT2D eigenvalue weighted by Gasteiger charge is -1.98. The number of nitrogens with zero attached hydrogens (tertiary/aromatic N) is 1. The molecule has 10 heavy (non-hydrogen) atoms. The van der Waals surface area contributed by atoms with Gasteiger partial charge in [0.15, 0.2) is 5.15 Å². The van der Waals surface area contributed by atoms with Crippen molar-refractivity contribution in [3.63, 3.8) is 0 Å². The van der Waals surface area contributed by atoms with Crippen LogP contribution < -0.4 is 5.73 Å². The molecule has 0 bridgehead atoms. The van der Waals surface area contributed by atoms with Crippen molar-refractivity contribution in [3.8, 4) is 0 Å². The number of rotatable bonds is 1. The van der Waals surface area contributed by atoms with Crippen LogP contribution in [0.3, 0.4) is 0 Å². The van der Waals surface area contributed by atoms with Crippen LogP contribution in [0.4, 0.5) is 5.69 Å². The van der Waals surface area contributed by atoms with Gasteiger partial charge in [0, 0.05) is 6.20 Å². The number of nitrogen functional groups attached to an aromatic ring is 1. The van der Waals surface area contributed by atoms with Crippen LogP contribution in [-0.4, -0.2) is 4.98 Å². The Balaban J connectivity index is 3.04. The van der Waals surface area contributed by atoms with Gasteiger partial charge in [-0.15, -0.1) is 0 Å². The normalized spacial score (nSPS) is 9.80. The van der Waals surface area contributed by atoms with Gasteiger partial charge >= 0.3 is 0 Å². The Labute approximate surface area is 65.0 Å². The summed E-state index contributed by atoms with van der Waals surface area (Å²) in [7, 11) is 0. The lowest BCUT2D eigenvalue weighted by atomic mass is 10.2. The molecule has 2 N–H and O–H groups in total. The van der Waals surface area contributed by atoms with Gasteiger partial charge in [0.05, 0.1) is 5.69 Å². The third-order valence-electron chi connectivity index (χ3n) is 1.33. The molecule has 1 aromatic rings. The van der Waals surface area contributed by atoms with E-state index in [0.717, 1.165) is 12.0 Å². The first-order chi connectivity index (χ1) is 4.74. The highest BCUT2D eigenvalue weighted by Gasteiger charge is 1.96. The van der Waals surface area contributed by atoms with E-state index in [0.29, 0.717) is 10.8 Å². The molecule has 0 saturated carbocycles. The Kier molecular flexibility index (Phi) is 2.12. The van der Waals surface area contributed by atoms with E-state index in [4.69, 9.17) is 17.3 Å². The second kappa shape index (κ2) is 2.88. The van der Waals surface area contributed by atoms with E-state index in [2.05, 4.69) is 4.98 Å². The van der Waals surface area contributed by atoms with Gasteiger partial charge in [0.1, 0.15) is 0 Å². The third-order valence-corrected chi connectivity index (χ3v) is 1.65. The zero-order valence-corrected chi connectivity index (χ0v) is 6.52. The molecule has 1 aromatic heterocycles. The minimum atomic E-state index is 0.386. The third kappa shape index (κ3) is 1.39. The van der Waals surface area contributed by atoms with Gasteiger partial charge in [0.2, 0.25) is 0 Å². The Morgan fingerprint density at radius 3 is 2.90 bits per heavy atom. The van der Waals surface area contributed by atoms with Crippen molar-refractivity contribution in [1.82, 2.24) is 4.98 Å². The number of pyridine rings is 1. The predicted octanol–water partition coefficient (Wildman–Crippen LogP) is 1.88. The summed E-state index contributed by atoms with van der Waals surface area (Å²) in [5.74, 6) is 0. The van der Waals surface area contributed by atoms with Crippen LogP contribution in [0.2, 0.25) is 5.15 Å². The Bertz CT molecular complexity index is 235. The van der Waals surface area contributed by atoms with Crippen molar-refractivity contribution in [2.75, 3.05) is 5.73 Å². The number of halogens is 1. The SMILES string of the molecule is CCc1cnc(Cl)c(N)c1. The fraction of sp³-hybridized carbons (Fsp3) is 0.286. The van der Waals surface area contributed by atoms with E-state index in [1.54, 1.807) is 6.20 Å². The first-order valence-electron chi connectivity index (χ1n) is 3.14. The van der Waals surface area contributed by atoms with Gasteiger partial charge in [-0.25, -0.2) is 4.98 Å². The molecule has 3 heteroatoms. The van der Waals surface area contributed by atoms with Crippen LogP contribution in [0.15, 0.2) is 12.3 Å². The van der Waals surface area contributed by atoms with Gasteiger partial charge < -0.3 is 5.73 Å². The number of aryl methyl sites for hydroxylation is 1. The summed E-state index contributed by atoms with van der Waals surface area (Å²) in [6.07, 6.45) is 2.67. The largest absolute Gasteiger partial charge is 0.396 e. The molecule has 0 aliphatic heterocycles. The van der Waals surface area contributed by atoms with Gasteiger partial charge in [-0.05, 0) is 18.1 Å². The Hall–Kier alpha value is -0.760. The number of hydrogen-bond acceptors (Lipinski definition) is 2. The monoisotopic (exact) mass is 156 g/mol. The summed E-state index contributed by atoms with van der Waals surface area (Å²) in [5, 5.41) is 0.386. The maximum atomic E-state index is 5.60. The minimum Gasteiger partial charge on any atom is -0.396 e. The first-order valence-corrected chi connectivity index (χ1v) is 3.51. The summed E-state index contributed by atoms with van der Waals surface area (Å²) in [6, 6.07) is 1.84. The van der Waals surface area contributed by atoms with Crippen molar-refractivity contribution < 1.29 is 0 Å². The molecule has 2 nitrogen and oxygen atoms in total. The molecule has 0 fully saturated rings. The summed E-state index contributed by atoms with van der Waals surface area (Å²) >= 11 is 5.60. The number of aromatic nitrogens is 1. The van der Waals surface area contributed by atoms with Crippen molar-refractivity contribution in [2.45, 2.75) is 13.3 Å². The maximum absolute atomic E-state index is 5.60. The highest BCUT2D eigenvalue weighted by atomic mass is 35.5. The van der Waals surface area contributed by atoms with Crippen molar-refractivity contribution in [1.29, 1.82) is 0 Å².